The number of benzene rings is 2. The minimum absolute atomic E-state index is 0.0451. The number of aryl methyl sites for hydroxylation is 1. The molecule has 0 saturated heterocycles. The van der Waals surface area contributed by atoms with Crippen LogP contribution in [0.5, 0.6) is 0 Å². The first kappa shape index (κ1) is 16.2. The number of aliphatic hydroxyl groups excluding tert-OH is 1. The topological polar surface area (TPSA) is 80.4 Å². The first-order valence-corrected chi connectivity index (χ1v) is 7.47. The second kappa shape index (κ2) is 7.20. The van der Waals surface area contributed by atoms with Gasteiger partial charge in [-0.1, -0.05) is 29.5 Å². The van der Waals surface area contributed by atoms with Crippen molar-refractivity contribution in [1.29, 1.82) is 0 Å². The largest absolute Gasteiger partial charge is 0.388 e. The predicted octanol–water partition coefficient (Wildman–Crippen LogP) is 3.65. The summed E-state index contributed by atoms with van der Waals surface area (Å²) in [6, 6.07) is 13.1. The summed E-state index contributed by atoms with van der Waals surface area (Å²) >= 11 is 1.08. The molecule has 0 fully saturated rings. The van der Waals surface area contributed by atoms with Gasteiger partial charge in [0.15, 0.2) is 5.12 Å². The normalized spacial score (nSPS) is 11.9. The Bertz CT molecular complexity index is 668. The van der Waals surface area contributed by atoms with Crippen LogP contribution in [0.2, 0.25) is 0 Å². The molecular weight excluding hydrogens is 302 g/mol. The lowest BCUT2D eigenvalue weighted by Crippen LogP contribution is -2.03. The van der Waals surface area contributed by atoms with E-state index < -0.39 is 11.0 Å². The molecule has 114 valence electrons. The Kier molecular flexibility index (Phi) is 5.30. The Morgan fingerprint density at radius 1 is 1.18 bits per heavy atom. The molecule has 0 radical (unpaired) electrons. The van der Waals surface area contributed by atoms with E-state index >= 15 is 0 Å². The van der Waals surface area contributed by atoms with Gasteiger partial charge < -0.3 is 5.11 Å². The van der Waals surface area contributed by atoms with Gasteiger partial charge in [-0.15, -0.1) is 0 Å². The van der Waals surface area contributed by atoms with E-state index in [1.807, 2.05) is 31.2 Å². The lowest BCUT2D eigenvalue weighted by atomic mass is 10.1. The summed E-state index contributed by atoms with van der Waals surface area (Å²) in [6.45, 7) is 1.97. The van der Waals surface area contributed by atoms with Crippen LogP contribution in [-0.4, -0.2) is 15.1 Å². The molecule has 1 N–H and O–H groups in total. The van der Waals surface area contributed by atoms with E-state index in [-0.39, 0.29) is 17.2 Å². The molecule has 1 atom stereocenters. The van der Waals surface area contributed by atoms with Crippen molar-refractivity contribution in [2.45, 2.75) is 24.3 Å². The van der Waals surface area contributed by atoms with Gasteiger partial charge in [-0.25, -0.2) is 0 Å². The van der Waals surface area contributed by atoms with Crippen LogP contribution in [0.4, 0.5) is 5.69 Å². The van der Waals surface area contributed by atoms with Gasteiger partial charge in [-0.05, 0) is 36.8 Å². The first-order chi connectivity index (χ1) is 10.5. The third-order valence-corrected chi connectivity index (χ3v) is 4.00. The number of aliphatic hydroxyl groups is 1. The van der Waals surface area contributed by atoms with E-state index in [0.717, 1.165) is 22.2 Å². The molecular formula is C16H15NO4S. The fraction of sp³-hybridized carbons (Fsp3) is 0.188. The van der Waals surface area contributed by atoms with Crippen molar-refractivity contribution >= 4 is 22.6 Å². The molecule has 0 unspecified atom stereocenters. The Morgan fingerprint density at radius 2 is 1.77 bits per heavy atom. The van der Waals surface area contributed by atoms with Crippen LogP contribution in [0.15, 0.2) is 53.4 Å². The fourth-order valence-corrected chi connectivity index (χ4v) is 2.65. The zero-order chi connectivity index (χ0) is 16.1. The van der Waals surface area contributed by atoms with Crippen LogP contribution in [0, 0.1) is 17.0 Å². The van der Waals surface area contributed by atoms with Crippen LogP contribution < -0.4 is 0 Å². The number of hydrogen-bond donors (Lipinski definition) is 1. The highest BCUT2D eigenvalue weighted by Gasteiger charge is 2.15. The van der Waals surface area contributed by atoms with Crippen molar-refractivity contribution < 1.29 is 14.8 Å². The van der Waals surface area contributed by atoms with Crippen molar-refractivity contribution in [2.24, 2.45) is 0 Å². The lowest BCUT2D eigenvalue weighted by Gasteiger charge is -2.09. The summed E-state index contributed by atoms with van der Waals surface area (Å²) in [4.78, 5) is 22.8. The Balaban J connectivity index is 1.95. The zero-order valence-electron chi connectivity index (χ0n) is 11.9. The summed E-state index contributed by atoms with van der Waals surface area (Å²) in [7, 11) is 0. The summed E-state index contributed by atoms with van der Waals surface area (Å²) in [5, 5.41) is 20.5. The number of nitrogens with zero attached hydrogens (tertiary/aromatic N) is 1. The number of carbonyl (C=O) groups is 1. The molecule has 2 aromatic rings. The van der Waals surface area contributed by atoms with E-state index in [4.69, 9.17) is 0 Å². The average molecular weight is 317 g/mol. The number of carbonyl (C=O) groups excluding carboxylic acids is 1. The standard InChI is InChI=1S/C16H15NO4S/c1-11-2-8-14(9-3-11)22-16(19)10-15(18)12-4-6-13(7-5-12)17(20)21/h2-9,15,18H,10H2,1H3/t15-/m1/s1. The SMILES string of the molecule is Cc1ccc(SC(=O)C[C@@H](O)c2ccc([N+](=O)[O-])cc2)cc1. The molecule has 0 bridgehead atoms. The summed E-state index contributed by atoms with van der Waals surface area (Å²) in [5.41, 5.74) is 1.56. The maximum absolute atomic E-state index is 12.0. The van der Waals surface area contributed by atoms with E-state index in [1.54, 1.807) is 0 Å². The molecule has 6 heteroatoms. The number of rotatable bonds is 5. The van der Waals surface area contributed by atoms with Gasteiger partial charge in [-0.2, -0.15) is 0 Å². The van der Waals surface area contributed by atoms with E-state index in [0.29, 0.717) is 5.56 Å². The first-order valence-electron chi connectivity index (χ1n) is 6.65. The monoisotopic (exact) mass is 317 g/mol. The zero-order valence-corrected chi connectivity index (χ0v) is 12.7. The number of non-ortho nitro benzene ring substituents is 1. The Morgan fingerprint density at radius 3 is 2.32 bits per heavy atom. The Hall–Kier alpha value is -2.18. The van der Waals surface area contributed by atoms with Crippen molar-refractivity contribution in [3.8, 4) is 0 Å². The average Bonchev–Trinajstić information content (AvgIpc) is 2.49. The fourth-order valence-electron chi connectivity index (χ4n) is 1.87. The summed E-state index contributed by atoms with van der Waals surface area (Å²) in [5.74, 6) is 0. The molecule has 0 aliphatic carbocycles. The van der Waals surface area contributed by atoms with Crippen molar-refractivity contribution in [2.75, 3.05) is 0 Å². The third kappa shape index (κ3) is 4.41. The molecule has 0 aliphatic rings. The molecule has 0 saturated carbocycles. The highest BCUT2D eigenvalue weighted by atomic mass is 32.2. The van der Waals surface area contributed by atoms with Gasteiger partial charge >= 0.3 is 0 Å². The minimum atomic E-state index is -0.966. The van der Waals surface area contributed by atoms with Gasteiger partial charge in [0.05, 0.1) is 11.0 Å². The van der Waals surface area contributed by atoms with Crippen LogP contribution in [-0.2, 0) is 4.79 Å². The van der Waals surface area contributed by atoms with Crippen molar-refractivity contribution in [1.82, 2.24) is 0 Å². The number of hydrogen-bond acceptors (Lipinski definition) is 5. The maximum Gasteiger partial charge on any atom is 0.269 e. The van der Waals surface area contributed by atoms with Gasteiger partial charge in [0, 0.05) is 23.4 Å². The molecule has 0 aliphatic heterocycles. The van der Waals surface area contributed by atoms with E-state index in [1.165, 1.54) is 24.3 Å². The van der Waals surface area contributed by atoms with Crippen LogP contribution >= 0.6 is 11.8 Å². The molecule has 0 heterocycles. The molecule has 0 amide bonds. The van der Waals surface area contributed by atoms with E-state index in [2.05, 4.69) is 0 Å². The molecule has 5 nitrogen and oxygen atoms in total. The predicted molar refractivity (Wildman–Crippen MR) is 84.7 cm³/mol. The summed E-state index contributed by atoms with van der Waals surface area (Å²) < 4.78 is 0. The Labute approximate surface area is 132 Å². The quantitative estimate of drug-likeness (QED) is 0.517. The number of nitro groups is 1. The van der Waals surface area contributed by atoms with E-state index in [9.17, 15) is 20.0 Å². The molecule has 2 rings (SSSR count). The maximum atomic E-state index is 12.0. The molecule has 2 aromatic carbocycles. The smallest absolute Gasteiger partial charge is 0.269 e. The minimum Gasteiger partial charge on any atom is -0.388 e. The second-order valence-corrected chi connectivity index (χ2v) is 5.99. The molecule has 0 spiro atoms. The summed E-state index contributed by atoms with van der Waals surface area (Å²) in [6.07, 6.45) is -1.01. The highest BCUT2D eigenvalue weighted by molar-refractivity contribution is 8.13. The number of thioether (sulfide) groups is 1. The number of nitro benzene ring substituents is 1. The van der Waals surface area contributed by atoms with Crippen LogP contribution in [0.1, 0.15) is 23.7 Å². The van der Waals surface area contributed by atoms with Gasteiger partial charge in [0.25, 0.3) is 5.69 Å². The molecule has 22 heavy (non-hydrogen) atoms. The highest BCUT2D eigenvalue weighted by Crippen LogP contribution is 2.26. The van der Waals surface area contributed by atoms with Gasteiger partial charge in [0.2, 0.25) is 0 Å². The molecule has 0 aromatic heterocycles. The second-order valence-electron chi connectivity index (χ2n) is 4.86. The van der Waals surface area contributed by atoms with Crippen molar-refractivity contribution in [3.05, 3.63) is 69.8 Å². The lowest BCUT2D eigenvalue weighted by molar-refractivity contribution is -0.384. The van der Waals surface area contributed by atoms with Crippen LogP contribution in [0.3, 0.4) is 0 Å². The van der Waals surface area contributed by atoms with Gasteiger partial charge in [0.1, 0.15) is 0 Å². The third-order valence-electron chi connectivity index (χ3n) is 3.10. The van der Waals surface area contributed by atoms with Crippen molar-refractivity contribution in [3.63, 3.8) is 0 Å². The van der Waals surface area contributed by atoms with Gasteiger partial charge in [-0.3, -0.25) is 14.9 Å². The van der Waals surface area contributed by atoms with Crippen LogP contribution in [0.25, 0.3) is 0 Å².